The number of β-lactam (4-membered cyclic amide) rings is 1. The van der Waals surface area contributed by atoms with E-state index in [4.69, 9.17) is 16.3 Å². The Hall–Kier alpha value is -3.26. The van der Waals surface area contributed by atoms with Crippen LogP contribution in [0.15, 0.2) is 22.5 Å². The standard InChI is InChI=1S/C18H25N9O8S2/c19-5-1-2-9-6-21-26(24-9)7-11-13(15(29)27(11)37(32,33)34)23-14(28)12(10-8-36-17(20)22-10)25-35-18(3-4-18)16(30)31/h6,8,11,13,17,22H,1-5,7,19-20H2,(H,23,28)(H,30,31)(H,32,33,34)/b25-12-. The number of aromatic nitrogens is 3. The van der Waals surface area contributed by atoms with Gasteiger partial charge < -0.3 is 32.0 Å². The van der Waals surface area contributed by atoms with E-state index < -0.39 is 57.0 Å². The molecule has 3 atom stereocenters. The molecule has 17 nitrogen and oxygen atoms in total. The third-order valence-corrected chi connectivity index (χ3v) is 7.51. The van der Waals surface area contributed by atoms with Crippen LogP contribution in [0.5, 0.6) is 0 Å². The lowest BCUT2D eigenvalue weighted by Crippen LogP contribution is -2.73. The zero-order valence-electron chi connectivity index (χ0n) is 19.2. The smallest absolute Gasteiger partial charge is 0.362 e. The second kappa shape index (κ2) is 10.2. The maximum absolute atomic E-state index is 13.1. The summed E-state index contributed by atoms with van der Waals surface area (Å²) in [7, 11) is -4.95. The van der Waals surface area contributed by atoms with Crippen LogP contribution in [0.4, 0.5) is 0 Å². The number of oxime groups is 1. The Morgan fingerprint density at radius 1 is 1.41 bits per heavy atom. The van der Waals surface area contributed by atoms with Crippen molar-refractivity contribution in [2.24, 2.45) is 16.6 Å². The number of hydrogen-bond donors (Lipinski definition) is 6. The lowest BCUT2D eigenvalue weighted by atomic mass is 9.98. The van der Waals surface area contributed by atoms with Gasteiger partial charge in [0.15, 0.2) is 5.71 Å². The Balaban J connectivity index is 1.54. The average molecular weight is 560 g/mol. The molecule has 2 aliphatic heterocycles. The predicted octanol–water partition coefficient (Wildman–Crippen LogP) is -2.92. The minimum absolute atomic E-state index is 0.115. The third-order valence-electron chi connectivity index (χ3n) is 5.78. The molecule has 1 aromatic rings. The monoisotopic (exact) mass is 559 g/mol. The molecule has 19 heteroatoms. The second-order valence-corrected chi connectivity index (χ2v) is 10.8. The van der Waals surface area contributed by atoms with E-state index in [1.54, 1.807) is 0 Å². The topological polar surface area (TPSA) is 257 Å². The van der Waals surface area contributed by atoms with Crippen LogP contribution in [0.3, 0.4) is 0 Å². The molecular weight excluding hydrogens is 534 g/mol. The van der Waals surface area contributed by atoms with Crippen molar-refractivity contribution in [3.63, 3.8) is 0 Å². The molecule has 1 saturated carbocycles. The minimum atomic E-state index is -4.95. The zero-order valence-corrected chi connectivity index (χ0v) is 20.8. The van der Waals surface area contributed by atoms with Crippen molar-refractivity contribution in [3.8, 4) is 0 Å². The minimum Gasteiger partial charge on any atom is -0.478 e. The maximum atomic E-state index is 13.1. The first kappa shape index (κ1) is 26.8. The van der Waals surface area contributed by atoms with E-state index in [0.717, 1.165) is 16.6 Å². The quantitative estimate of drug-likeness (QED) is 0.0649. The van der Waals surface area contributed by atoms with Crippen molar-refractivity contribution in [1.82, 2.24) is 29.9 Å². The second-order valence-electron chi connectivity index (χ2n) is 8.48. The number of hydrogen-bond acceptors (Lipinski definition) is 13. The van der Waals surface area contributed by atoms with Gasteiger partial charge in [0.05, 0.1) is 24.1 Å². The average Bonchev–Trinajstić information content (AvgIpc) is 3.29. The van der Waals surface area contributed by atoms with Gasteiger partial charge in [0, 0.05) is 18.2 Å². The van der Waals surface area contributed by atoms with Crippen molar-refractivity contribution < 1.29 is 37.3 Å². The molecule has 4 rings (SSSR count). The summed E-state index contributed by atoms with van der Waals surface area (Å²) in [5.74, 6) is -3.31. The van der Waals surface area contributed by atoms with Gasteiger partial charge in [0.1, 0.15) is 17.6 Å². The van der Waals surface area contributed by atoms with E-state index in [9.17, 15) is 32.5 Å². The highest BCUT2D eigenvalue weighted by Gasteiger charge is 2.56. The molecule has 0 bridgehead atoms. The van der Waals surface area contributed by atoms with Crippen LogP contribution in [0.25, 0.3) is 0 Å². The number of amides is 2. The summed E-state index contributed by atoms with van der Waals surface area (Å²) in [5.41, 5.74) is 9.39. The molecule has 0 radical (unpaired) electrons. The summed E-state index contributed by atoms with van der Waals surface area (Å²) in [5, 5.41) is 27.9. The normalized spacial score (nSPS) is 24.7. The van der Waals surface area contributed by atoms with E-state index in [1.807, 2.05) is 0 Å². The van der Waals surface area contributed by atoms with E-state index in [0.29, 0.717) is 25.1 Å². The first-order valence-corrected chi connectivity index (χ1v) is 13.4. The van der Waals surface area contributed by atoms with Crippen LogP contribution in [0, 0.1) is 0 Å². The largest absolute Gasteiger partial charge is 0.478 e. The van der Waals surface area contributed by atoms with Gasteiger partial charge in [0.2, 0.25) is 5.60 Å². The van der Waals surface area contributed by atoms with Gasteiger partial charge in [-0.3, -0.25) is 14.1 Å². The molecule has 1 aromatic heterocycles. The van der Waals surface area contributed by atoms with E-state index in [2.05, 4.69) is 26.0 Å². The van der Waals surface area contributed by atoms with Crippen LogP contribution in [-0.2, 0) is 42.5 Å². The first-order valence-electron chi connectivity index (χ1n) is 11.0. The number of carboxylic acids is 1. The molecular formula is C18H25N9O8S2. The van der Waals surface area contributed by atoms with Crippen molar-refractivity contribution in [2.75, 3.05) is 6.54 Å². The van der Waals surface area contributed by atoms with Crippen LogP contribution >= 0.6 is 11.8 Å². The molecule has 37 heavy (non-hydrogen) atoms. The fraction of sp³-hybridized carbons (Fsp3) is 0.556. The van der Waals surface area contributed by atoms with Gasteiger partial charge >= 0.3 is 16.3 Å². The number of nitrogens with zero attached hydrogens (tertiary/aromatic N) is 5. The zero-order chi connectivity index (χ0) is 27.0. The van der Waals surface area contributed by atoms with Gasteiger partial charge in [-0.25, -0.2) is 9.10 Å². The summed E-state index contributed by atoms with van der Waals surface area (Å²) < 4.78 is 33.4. The van der Waals surface area contributed by atoms with E-state index in [1.165, 1.54) is 11.6 Å². The molecule has 2 fully saturated rings. The van der Waals surface area contributed by atoms with Crippen molar-refractivity contribution in [3.05, 3.63) is 23.0 Å². The Kier molecular flexibility index (Phi) is 7.42. The molecule has 3 heterocycles. The lowest BCUT2D eigenvalue weighted by Gasteiger charge is -2.43. The molecule has 0 aromatic carbocycles. The Bertz CT molecular complexity index is 1260. The first-order chi connectivity index (χ1) is 17.4. The molecule has 1 aliphatic carbocycles. The summed E-state index contributed by atoms with van der Waals surface area (Å²) >= 11 is 1.12. The maximum Gasteiger partial charge on any atom is 0.362 e. The Labute approximate surface area is 214 Å². The van der Waals surface area contributed by atoms with Crippen LogP contribution in [0.1, 0.15) is 25.0 Å². The summed E-state index contributed by atoms with van der Waals surface area (Å²) in [4.78, 5) is 43.5. The number of carboxylic acid groups (broad SMARTS) is 1. The van der Waals surface area contributed by atoms with Crippen molar-refractivity contribution in [1.29, 1.82) is 0 Å². The molecule has 3 unspecified atom stereocenters. The fourth-order valence-electron chi connectivity index (χ4n) is 3.63. The molecule has 202 valence electrons. The van der Waals surface area contributed by atoms with Gasteiger partial charge in [0.25, 0.3) is 11.8 Å². The van der Waals surface area contributed by atoms with Gasteiger partial charge in [-0.2, -0.15) is 23.4 Å². The summed E-state index contributed by atoms with van der Waals surface area (Å²) in [6, 6.07) is -2.67. The SMILES string of the molecule is NCCCc1cnn(CC2C(NC(=O)/C(=N\OC3(C(=O)O)CC3)C3=CSC(N)N3)C(=O)N2S(=O)(=O)O)n1. The van der Waals surface area contributed by atoms with Crippen molar-refractivity contribution >= 4 is 45.6 Å². The highest BCUT2D eigenvalue weighted by atomic mass is 32.2. The number of thioether (sulfide) groups is 1. The Morgan fingerprint density at radius 2 is 2.14 bits per heavy atom. The van der Waals surface area contributed by atoms with Gasteiger partial charge in [-0.1, -0.05) is 16.9 Å². The molecule has 2 amide bonds. The van der Waals surface area contributed by atoms with E-state index >= 15 is 0 Å². The number of nitrogens with two attached hydrogens (primary N) is 2. The van der Waals surface area contributed by atoms with Crippen LogP contribution in [-0.4, -0.2) is 90.6 Å². The number of carbonyl (C=O) groups is 3. The predicted molar refractivity (Wildman–Crippen MR) is 126 cm³/mol. The van der Waals surface area contributed by atoms with Crippen LogP contribution in [0.2, 0.25) is 0 Å². The number of aliphatic carboxylic acids is 1. The van der Waals surface area contributed by atoms with Gasteiger partial charge in [-0.05, 0) is 19.4 Å². The number of rotatable bonds is 12. The highest BCUT2D eigenvalue weighted by molar-refractivity contribution is 8.02. The van der Waals surface area contributed by atoms with Crippen molar-refractivity contribution in [2.45, 2.75) is 55.4 Å². The summed E-state index contributed by atoms with van der Waals surface area (Å²) in [6.07, 6.45) is 3.02. The lowest BCUT2D eigenvalue weighted by molar-refractivity contribution is -0.153. The number of nitrogens with one attached hydrogen (secondary N) is 2. The third kappa shape index (κ3) is 5.69. The molecule has 8 N–H and O–H groups in total. The number of carbonyl (C=O) groups excluding carboxylic acids is 2. The number of aryl methyl sites for hydroxylation is 1. The molecule has 3 aliphatic rings. The van der Waals surface area contributed by atoms with E-state index in [-0.39, 0.29) is 29.4 Å². The highest BCUT2D eigenvalue weighted by Crippen LogP contribution is 2.40. The molecule has 1 saturated heterocycles. The fourth-order valence-corrected chi connectivity index (χ4v) is 5.16. The Morgan fingerprint density at radius 3 is 2.70 bits per heavy atom. The van der Waals surface area contributed by atoms with Gasteiger partial charge in [-0.15, -0.1) is 0 Å². The summed E-state index contributed by atoms with van der Waals surface area (Å²) in [6.45, 7) is 0.163. The van der Waals surface area contributed by atoms with Crippen LogP contribution < -0.4 is 22.1 Å². The molecule has 0 spiro atoms.